The Balaban J connectivity index is 1.73. The fourth-order valence-electron chi connectivity index (χ4n) is 3.70. The Labute approximate surface area is 137 Å². The molecule has 0 unspecified atom stereocenters. The Morgan fingerprint density at radius 3 is 2.91 bits per heavy atom. The maximum atomic E-state index is 11.6. The molecule has 0 aromatic heterocycles. The molecule has 1 saturated heterocycles. The summed E-state index contributed by atoms with van der Waals surface area (Å²) < 4.78 is 24.0. The molecule has 0 N–H and O–H groups in total. The fourth-order valence-corrected chi connectivity index (χ4v) is 4.11. The van der Waals surface area contributed by atoms with E-state index in [0.29, 0.717) is 13.0 Å². The zero-order valence-electron chi connectivity index (χ0n) is 12.4. The third kappa shape index (κ3) is 2.20. The van der Waals surface area contributed by atoms with Gasteiger partial charge in [-0.05, 0) is 30.0 Å². The van der Waals surface area contributed by atoms with Crippen LogP contribution in [0.5, 0.6) is 5.75 Å². The van der Waals surface area contributed by atoms with E-state index in [1.807, 2.05) is 18.2 Å². The van der Waals surface area contributed by atoms with Gasteiger partial charge in [-0.1, -0.05) is 29.8 Å². The molecule has 2 aliphatic heterocycles. The van der Waals surface area contributed by atoms with E-state index in [0.717, 1.165) is 22.2 Å². The summed E-state index contributed by atoms with van der Waals surface area (Å²) in [4.78, 5) is 11.6. The van der Waals surface area contributed by atoms with Crippen molar-refractivity contribution in [1.29, 1.82) is 0 Å². The lowest BCUT2D eigenvalue weighted by atomic mass is 9.71. The average molecular weight is 369 g/mol. The SMILES string of the molecule is CC1(C)C[C@H]2OC(=O)O[C@H]2[C@]2(C1)OCc1cc(Br)ccc1O2. The zero-order chi connectivity index (χ0) is 15.5. The predicted molar refractivity (Wildman–Crippen MR) is 80.4 cm³/mol. The van der Waals surface area contributed by atoms with Crippen LogP contribution in [0.4, 0.5) is 4.79 Å². The fraction of sp³-hybridized carbons (Fsp3) is 0.562. The first-order valence-corrected chi connectivity index (χ1v) is 8.15. The van der Waals surface area contributed by atoms with Crippen LogP contribution in [-0.4, -0.2) is 24.2 Å². The molecule has 0 radical (unpaired) electrons. The van der Waals surface area contributed by atoms with Gasteiger partial charge >= 0.3 is 6.16 Å². The van der Waals surface area contributed by atoms with Crippen molar-refractivity contribution in [3.63, 3.8) is 0 Å². The van der Waals surface area contributed by atoms with Crippen LogP contribution in [0.3, 0.4) is 0 Å². The van der Waals surface area contributed by atoms with Gasteiger partial charge in [0.05, 0.1) is 6.61 Å². The van der Waals surface area contributed by atoms with Crippen molar-refractivity contribution in [2.75, 3.05) is 0 Å². The molecule has 6 heteroatoms. The van der Waals surface area contributed by atoms with E-state index in [2.05, 4.69) is 29.8 Å². The van der Waals surface area contributed by atoms with Crippen LogP contribution in [0.2, 0.25) is 0 Å². The van der Waals surface area contributed by atoms with E-state index in [1.54, 1.807) is 0 Å². The van der Waals surface area contributed by atoms with Gasteiger partial charge in [-0.25, -0.2) is 4.79 Å². The standard InChI is InChI=1S/C16H17BrO5/c1-15(2)6-12-13(21-14(18)20-12)16(8-15)19-7-9-5-10(17)3-4-11(9)22-16/h3-5,12-13H,6-8H2,1-2H3/t12-,13-,16-/m1/s1. The van der Waals surface area contributed by atoms with Crippen LogP contribution in [0.25, 0.3) is 0 Å². The van der Waals surface area contributed by atoms with E-state index in [9.17, 15) is 4.79 Å². The van der Waals surface area contributed by atoms with Crippen LogP contribution in [0.15, 0.2) is 22.7 Å². The number of fused-ring (bicyclic) bond motifs is 3. The van der Waals surface area contributed by atoms with E-state index >= 15 is 0 Å². The van der Waals surface area contributed by atoms with Gasteiger partial charge in [0.2, 0.25) is 6.10 Å². The Hall–Kier alpha value is -1.27. The molecular formula is C16H17BrO5. The highest BCUT2D eigenvalue weighted by Crippen LogP contribution is 2.50. The van der Waals surface area contributed by atoms with E-state index in [1.165, 1.54) is 0 Å². The molecule has 0 amide bonds. The molecule has 0 bridgehead atoms. The molecule has 1 spiro atoms. The summed E-state index contributed by atoms with van der Waals surface area (Å²) in [5.74, 6) is -0.201. The highest BCUT2D eigenvalue weighted by Gasteiger charge is 2.62. The summed E-state index contributed by atoms with van der Waals surface area (Å²) in [6, 6.07) is 5.82. The molecule has 5 nitrogen and oxygen atoms in total. The van der Waals surface area contributed by atoms with E-state index < -0.39 is 18.0 Å². The lowest BCUT2D eigenvalue weighted by molar-refractivity contribution is -0.285. The van der Waals surface area contributed by atoms with Gasteiger partial charge < -0.3 is 18.9 Å². The summed E-state index contributed by atoms with van der Waals surface area (Å²) >= 11 is 3.45. The predicted octanol–water partition coefficient (Wildman–Crippen LogP) is 3.78. The monoisotopic (exact) mass is 368 g/mol. The van der Waals surface area contributed by atoms with E-state index in [-0.39, 0.29) is 11.5 Å². The van der Waals surface area contributed by atoms with Crippen LogP contribution >= 0.6 is 15.9 Å². The van der Waals surface area contributed by atoms with Crippen molar-refractivity contribution in [2.45, 2.75) is 51.3 Å². The minimum absolute atomic E-state index is 0.0674. The molecule has 1 aromatic rings. The largest absolute Gasteiger partial charge is 0.509 e. The summed E-state index contributed by atoms with van der Waals surface area (Å²) in [7, 11) is 0. The molecule has 2 fully saturated rings. The molecule has 1 aliphatic carbocycles. The summed E-state index contributed by atoms with van der Waals surface area (Å²) in [6.45, 7) is 4.67. The minimum Gasteiger partial charge on any atom is -0.458 e. The van der Waals surface area contributed by atoms with Crippen LogP contribution < -0.4 is 4.74 Å². The van der Waals surface area contributed by atoms with Gasteiger partial charge in [0.25, 0.3) is 5.79 Å². The lowest BCUT2D eigenvalue weighted by Crippen LogP contribution is -2.61. The molecular weight excluding hydrogens is 352 g/mol. The van der Waals surface area contributed by atoms with Gasteiger partial charge in [0.15, 0.2) is 0 Å². The Morgan fingerprint density at radius 1 is 1.27 bits per heavy atom. The van der Waals surface area contributed by atoms with Gasteiger partial charge in [-0.3, -0.25) is 0 Å². The molecule has 4 rings (SSSR count). The third-order valence-electron chi connectivity index (χ3n) is 4.50. The number of hydrogen-bond donors (Lipinski definition) is 0. The number of halogens is 1. The number of rotatable bonds is 0. The maximum Gasteiger partial charge on any atom is 0.509 e. The molecule has 22 heavy (non-hydrogen) atoms. The quantitative estimate of drug-likeness (QED) is 0.652. The van der Waals surface area contributed by atoms with Gasteiger partial charge in [-0.2, -0.15) is 0 Å². The first-order chi connectivity index (χ1) is 10.4. The summed E-state index contributed by atoms with van der Waals surface area (Å²) in [5.41, 5.74) is 0.910. The van der Waals surface area contributed by atoms with Crippen molar-refractivity contribution in [3.05, 3.63) is 28.2 Å². The minimum atomic E-state index is -0.973. The maximum absolute atomic E-state index is 11.6. The van der Waals surface area contributed by atoms with Crippen LogP contribution in [0.1, 0.15) is 32.3 Å². The first kappa shape index (κ1) is 14.3. The van der Waals surface area contributed by atoms with Gasteiger partial charge in [0.1, 0.15) is 11.9 Å². The number of hydrogen-bond acceptors (Lipinski definition) is 5. The van der Waals surface area contributed by atoms with Crippen LogP contribution in [0, 0.1) is 5.41 Å². The number of carbonyl (C=O) groups is 1. The molecule has 3 aliphatic rings. The van der Waals surface area contributed by atoms with Crippen molar-refractivity contribution in [1.82, 2.24) is 0 Å². The van der Waals surface area contributed by atoms with E-state index in [4.69, 9.17) is 18.9 Å². The van der Waals surface area contributed by atoms with Crippen molar-refractivity contribution >= 4 is 22.1 Å². The smallest absolute Gasteiger partial charge is 0.458 e. The zero-order valence-corrected chi connectivity index (χ0v) is 14.0. The highest BCUT2D eigenvalue weighted by molar-refractivity contribution is 9.10. The molecule has 2 heterocycles. The normalized spacial score (nSPS) is 35.1. The summed E-state index contributed by atoms with van der Waals surface area (Å²) in [6.07, 6.45) is -0.0998. The molecule has 3 atom stereocenters. The number of ether oxygens (including phenoxy) is 4. The van der Waals surface area contributed by atoms with Gasteiger partial charge in [0, 0.05) is 16.5 Å². The first-order valence-electron chi connectivity index (χ1n) is 7.36. The second kappa shape index (κ2) is 4.61. The average Bonchev–Trinajstić information content (AvgIpc) is 2.79. The van der Waals surface area contributed by atoms with Crippen molar-refractivity contribution in [2.24, 2.45) is 5.41 Å². The second-order valence-corrected chi connectivity index (χ2v) is 7.86. The van der Waals surface area contributed by atoms with Crippen molar-refractivity contribution in [3.8, 4) is 5.75 Å². The summed E-state index contributed by atoms with van der Waals surface area (Å²) in [5, 5.41) is 0. The van der Waals surface area contributed by atoms with Crippen molar-refractivity contribution < 1.29 is 23.7 Å². The third-order valence-corrected chi connectivity index (χ3v) is 4.99. The molecule has 118 valence electrons. The second-order valence-electron chi connectivity index (χ2n) is 6.94. The van der Waals surface area contributed by atoms with Crippen LogP contribution in [-0.2, 0) is 20.8 Å². The lowest BCUT2D eigenvalue weighted by Gasteiger charge is -2.49. The topological polar surface area (TPSA) is 54.0 Å². The Bertz CT molecular complexity index is 643. The molecule has 1 aromatic carbocycles. The highest BCUT2D eigenvalue weighted by atomic mass is 79.9. The number of carbonyl (C=O) groups excluding carboxylic acids is 1. The Kier molecular flexibility index (Phi) is 3.01. The molecule has 1 saturated carbocycles. The number of benzene rings is 1. The van der Waals surface area contributed by atoms with Gasteiger partial charge in [-0.15, -0.1) is 0 Å². The Morgan fingerprint density at radius 2 is 2.09 bits per heavy atom.